The third-order valence-corrected chi connectivity index (χ3v) is 3.17. The first-order valence-corrected chi connectivity index (χ1v) is 7.12. The Bertz CT molecular complexity index is 476. The van der Waals surface area contributed by atoms with Gasteiger partial charge in [0, 0.05) is 12.7 Å². The van der Waals surface area contributed by atoms with Gasteiger partial charge in [-0.05, 0) is 12.8 Å². The summed E-state index contributed by atoms with van der Waals surface area (Å²) in [5.74, 6) is -19.4. The maximum absolute atomic E-state index is 12.9. The van der Waals surface area contributed by atoms with Gasteiger partial charge in [-0.3, -0.25) is 0 Å². The SMILES string of the molecule is CC(F)(F)C(F)(F)C(F)(F)C(F)(F)OCCCCS(=O)(=O)[O-].[Na+]. The van der Waals surface area contributed by atoms with E-state index < -0.39 is 66.1 Å². The normalized spacial score (nSPS) is 14.5. The van der Waals surface area contributed by atoms with Gasteiger partial charge in [-0.1, -0.05) is 0 Å². The summed E-state index contributed by atoms with van der Waals surface area (Å²) in [6.07, 6.45) is -7.15. The van der Waals surface area contributed by atoms with Crippen molar-refractivity contribution in [3.05, 3.63) is 0 Å². The first-order chi connectivity index (χ1) is 9.46. The second-order valence-electron chi connectivity index (χ2n) is 4.37. The third kappa shape index (κ3) is 6.61. The smallest absolute Gasteiger partial charge is 0.748 e. The summed E-state index contributed by atoms with van der Waals surface area (Å²) in [4.78, 5) is 0. The van der Waals surface area contributed by atoms with Crippen LogP contribution in [0.5, 0.6) is 0 Å². The number of unbranched alkanes of at least 4 members (excludes halogenated alkanes) is 1. The van der Waals surface area contributed by atoms with Gasteiger partial charge in [0.1, 0.15) is 0 Å². The van der Waals surface area contributed by atoms with Gasteiger partial charge in [-0.25, -0.2) is 8.42 Å². The van der Waals surface area contributed by atoms with Crippen LogP contribution in [0.4, 0.5) is 35.1 Å². The molecule has 0 aliphatic carbocycles. The molecule has 0 aromatic heterocycles. The molecule has 0 aromatic rings. The molecule has 0 fully saturated rings. The fourth-order valence-corrected chi connectivity index (χ4v) is 1.69. The minimum absolute atomic E-state index is 0. The summed E-state index contributed by atoms with van der Waals surface area (Å²) in [6, 6.07) is 0. The van der Waals surface area contributed by atoms with Crippen molar-refractivity contribution in [2.24, 2.45) is 0 Å². The van der Waals surface area contributed by atoms with Crippen molar-refractivity contribution >= 4 is 10.1 Å². The number of hydrogen-bond acceptors (Lipinski definition) is 4. The zero-order chi connectivity index (χ0) is 18.0. The summed E-state index contributed by atoms with van der Waals surface area (Å²) in [5, 5.41) is 0. The van der Waals surface area contributed by atoms with Crippen LogP contribution in [0.25, 0.3) is 0 Å². The van der Waals surface area contributed by atoms with E-state index in [0.717, 1.165) is 0 Å². The molecule has 134 valence electrons. The molecule has 0 aliphatic heterocycles. The second kappa shape index (κ2) is 8.13. The number of hydrogen-bond donors (Lipinski definition) is 0. The van der Waals surface area contributed by atoms with Gasteiger partial charge in [-0.15, -0.1) is 0 Å². The van der Waals surface area contributed by atoms with Crippen LogP contribution in [0.15, 0.2) is 0 Å². The summed E-state index contributed by atoms with van der Waals surface area (Å²) < 4.78 is 136. The van der Waals surface area contributed by atoms with Gasteiger partial charge >= 0.3 is 53.4 Å². The Hall–Kier alpha value is 0.310. The molecule has 0 amide bonds. The minimum atomic E-state index is -6.51. The van der Waals surface area contributed by atoms with E-state index >= 15 is 0 Å². The van der Waals surface area contributed by atoms with Crippen LogP contribution in [0.1, 0.15) is 19.8 Å². The van der Waals surface area contributed by atoms with E-state index in [-0.39, 0.29) is 29.6 Å². The van der Waals surface area contributed by atoms with Crippen LogP contribution in [-0.4, -0.2) is 49.2 Å². The Labute approximate surface area is 148 Å². The minimum Gasteiger partial charge on any atom is -0.748 e. The first-order valence-electron chi connectivity index (χ1n) is 5.54. The average Bonchev–Trinajstić information content (AvgIpc) is 2.24. The van der Waals surface area contributed by atoms with Crippen molar-refractivity contribution in [3.63, 3.8) is 0 Å². The number of rotatable bonds is 9. The molecular formula is C9H11F8NaO4S. The summed E-state index contributed by atoms with van der Waals surface area (Å²) >= 11 is 0. The van der Waals surface area contributed by atoms with Crippen LogP contribution in [0.3, 0.4) is 0 Å². The van der Waals surface area contributed by atoms with Crippen LogP contribution in [0, 0.1) is 0 Å². The molecule has 0 bridgehead atoms. The molecule has 0 aliphatic rings. The number of ether oxygens (including phenoxy) is 1. The van der Waals surface area contributed by atoms with Crippen molar-refractivity contribution < 1.29 is 82.4 Å². The monoisotopic (exact) mass is 390 g/mol. The van der Waals surface area contributed by atoms with E-state index in [2.05, 4.69) is 4.74 Å². The van der Waals surface area contributed by atoms with Crippen molar-refractivity contribution in [1.29, 1.82) is 0 Å². The molecule has 4 nitrogen and oxygen atoms in total. The maximum atomic E-state index is 12.9. The number of alkyl halides is 8. The van der Waals surface area contributed by atoms with Crippen molar-refractivity contribution in [2.45, 2.75) is 43.6 Å². The van der Waals surface area contributed by atoms with E-state index in [1.54, 1.807) is 0 Å². The van der Waals surface area contributed by atoms with E-state index in [4.69, 9.17) is 0 Å². The average molecular weight is 390 g/mol. The van der Waals surface area contributed by atoms with Gasteiger partial charge in [0.2, 0.25) is 0 Å². The second-order valence-corrected chi connectivity index (χ2v) is 5.89. The summed E-state index contributed by atoms with van der Waals surface area (Å²) in [6.45, 7) is -2.00. The van der Waals surface area contributed by atoms with Gasteiger partial charge in [0.05, 0.1) is 16.7 Å². The molecule has 0 atom stereocenters. The molecule has 0 saturated heterocycles. The van der Waals surface area contributed by atoms with Gasteiger partial charge in [-0.2, -0.15) is 35.1 Å². The molecule has 0 heterocycles. The van der Waals surface area contributed by atoms with Gasteiger partial charge < -0.3 is 9.29 Å². The third-order valence-electron chi connectivity index (χ3n) is 2.38. The molecule has 0 radical (unpaired) electrons. The van der Waals surface area contributed by atoms with E-state index in [0.29, 0.717) is 0 Å². The molecule has 0 saturated carbocycles. The quantitative estimate of drug-likeness (QED) is 0.238. The van der Waals surface area contributed by atoms with Crippen molar-refractivity contribution in [3.8, 4) is 0 Å². The molecular weight excluding hydrogens is 379 g/mol. The summed E-state index contributed by atoms with van der Waals surface area (Å²) in [7, 11) is -4.67. The zero-order valence-electron chi connectivity index (χ0n) is 11.9. The largest absolute Gasteiger partial charge is 1.00 e. The van der Waals surface area contributed by atoms with Gasteiger partial charge in [0.15, 0.2) is 0 Å². The molecule has 0 aromatic carbocycles. The Morgan fingerprint density at radius 1 is 0.913 bits per heavy atom. The van der Waals surface area contributed by atoms with E-state index in [9.17, 15) is 48.1 Å². The van der Waals surface area contributed by atoms with Crippen LogP contribution >= 0.6 is 0 Å². The summed E-state index contributed by atoms with van der Waals surface area (Å²) in [5.41, 5.74) is 0. The fraction of sp³-hybridized carbons (Fsp3) is 1.00. The number of halogens is 8. The predicted molar refractivity (Wildman–Crippen MR) is 55.2 cm³/mol. The van der Waals surface area contributed by atoms with Gasteiger partial charge in [0.25, 0.3) is 0 Å². The van der Waals surface area contributed by atoms with Crippen LogP contribution < -0.4 is 29.6 Å². The standard InChI is InChI=1S/C9H12F8O4S.Na/c1-6(10,11)7(12,13)8(14,15)9(16,17)21-4-2-3-5-22(18,19)20;/h2-5H2,1H3,(H,18,19,20);/q;+1/p-1. The van der Waals surface area contributed by atoms with E-state index in [1.807, 2.05) is 0 Å². The Morgan fingerprint density at radius 3 is 1.70 bits per heavy atom. The Kier molecular flexibility index (Phi) is 9.03. The Morgan fingerprint density at radius 2 is 1.35 bits per heavy atom. The predicted octanol–water partition coefficient (Wildman–Crippen LogP) is -0.149. The Balaban J connectivity index is 0. The zero-order valence-corrected chi connectivity index (χ0v) is 14.7. The molecule has 23 heavy (non-hydrogen) atoms. The van der Waals surface area contributed by atoms with Crippen molar-refractivity contribution in [2.75, 3.05) is 12.4 Å². The molecule has 0 unspecified atom stereocenters. The molecule has 0 spiro atoms. The first kappa shape index (κ1) is 25.5. The van der Waals surface area contributed by atoms with Crippen LogP contribution in [0.2, 0.25) is 0 Å². The van der Waals surface area contributed by atoms with Crippen molar-refractivity contribution in [1.82, 2.24) is 0 Å². The molecule has 0 N–H and O–H groups in total. The maximum Gasteiger partial charge on any atom is 1.00 e. The van der Waals surface area contributed by atoms with Crippen LogP contribution in [-0.2, 0) is 14.9 Å². The molecule has 0 rings (SSSR count). The fourth-order valence-electron chi connectivity index (χ4n) is 1.13. The topological polar surface area (TPSA) is 66.4 Å². The molecule has 14 heteroatoms. The van der Waals surface area contributed by atoms with E-state index in [1.165, 1.54) is 0 Å².